The van der Waals surface area contributed by atoms with Crippen molar-refractivity contribution in [2.45, 2.75) is 6.54 Å². The molecule has 0 radical (unpaired) electrons. The lowest BCUT2D eigenvalue weighted by atomic mass is 10.2. The third-order valence-corrected chi connectivity index (χ3v) is 2.96. The summed E-state index contributed by atoms with van der Waals surface area (Å²) in [6.07, 6.45) is 0. The van der Waals surface area contributed by atoms with Crippen LogP contribution in [0.4, 0.5) is 11.4 Å². The maximum absolute atomic E-state index is 5.99. The minimum atomic E-state index is 0.553. The van der Waals surface area contributed by atoms with Gasteiger partial charge in [-0.3, -0.25) is 0 Å². The predicted molar refractivity (Wildman–Crippen MR) is 73.8 cm³/mol. The minimum absolute atomic E-state index is 0.553. The fraction of sp³-hybridized carbons (Fsp3) is 0.143. The van der Waals surface area contributed by atoms with Crippen LogP contribution in [0.25, 0.3) is 0 Å². The van der Waals surface area contributed by atoms with Crippen LogP contribution in [0.1, 0.15) is 5.56 Å². The van der Waals surface area contributed by atoms with E-state index in [1.165, 1.54) is 0 Å². The second-order valence-electron chi connectivity index (χ2n) is 3.91. The van der Waals surface area contributed by atoms with Gasteiger partial charge in [0.1, 0.15) is 0 Å². The summed E-state index contributed by atoms with van der Waals surface area (Å²) < 4.78 is 0. The monoisotopic (exact) mass is 246 g/mol. The van der Waals surface area contributed by atoms with Crippen LogP contribution in [0.2, 0.25) is 5.02 Å². The highest BCUT2D eigenvalue weighted by atomic mass is 35.5. The molecule has 2 aromatic carbocycles. The fourth-order valence-corrected chi connectivity index (χ4v) is 1.91. The Morgan fingerprint density at radius 3 is 2.35 bits per heavy atom. The summed E-state index contributed by atoms with van der Waals surface area (Å²) in [4.78, 5) is 2.09. The number of anilines is 2. The molecule has 0 saturated heterocycles. The molecule has 0 fully saturated rings. The molecular formula is C14H15ClN2. The Balaban J connectivity index is 2.33. The van der Waals surface area contributed by atoms with Crippen molar-refractivity contribution in [1.29, 1.82) is 0 Å². The Kier molecular flexibility index (Phi) is 3.67. The zero-order valence-electron chi connectivity index (χ0n) is 9.73. The molecule has 2 nitrogen and oxygen atoms in total. The lowest BCUT2D eigenvalue weighted by Crippen LogP contribution is -2.10. The van der Waals surface area contributed by atoms with Crippen LogP contribution in [0, 0.1) is 0 Å². The zero-order valence-corrected chi connectivity index (χ0v) is 10.5. The molecule has 0 aromatic heterocycles. The first kappa shape index (κ1) is 12.0. The third-order valence-electron chi connectivity index (χ3n) is 2.73. The molecule has 0 aliphatic carbocycles. The Hall–Kier alpha value is -1.51. The average Bonchev–Trinajstić information content (AvgIpc) is 2.38. The molecular weight excluding hydrogens is 232 g/mol. The number of hydrogen-bond acceptors (Lipinski definition) is 2. The van der Waals surface area contributed by atoms with Crippen molar-refractivity contribution in [1.82, 2.24) is 0 Å². The Morgan fingerprint density at radius 1 is 1.06 bits per heavy atom. The van der Waals surface area contributed by atoms with E-state index in [-0.39, 0.29) is 0 Å². The van der Waals surface area contributed by atoms with E-state index in [2.05, 4.69) is 17.0 Å². The van der Waals surface area contributed by atoms with Crippen molar-refractivity contribution in [3.05, 3.63) is 59.1 Å². The smallest absolute Gasteiger partial charge is 0.0426 e. The fourth-order valence-electron chi connectivity index (χ4n) is 1.73. The number of rotatable bonds is 3. The molecule has 3 heteroatoms. The molecule has 0 heterocycles. The van der Waals surface area contributed by atoms with Gasteiger partial charge in [0.2, 0.25) is 0 Å². The SMILES string of the molecule is CN(c1cccc(Cl)c1)c1cccc(CN)c1. The number of hydrogen-bond donors (Lipinski definition) is 1. The quantitative estimate of drug-likeness (QED) is 0.897. The van der Waals surface area contributed by atoms with Gasteiger partial charge in [0, 0.05) is 30.0 Å². The molecule has 0 unspecified atom stereocenters. The largest absolute Gasteiger partial charge is 0.345 e. The maximum Gasteiger partial charge on any atom is 0.0426 e. The molecule has 17 heavy (non-hydrogen) atoms. The van der Waals surface area contributed by atoms with Crippen molar-refractivity contribution in [2.75, 3.05) is 11.9 Å². The molecule has 88 valence electrons. The van der Waals surface area contributed by atoms with Crippen LogP contribution in [-0.4, -0.2) is 7.05 Å². The summed E-state index contributed by atoms with van der Waals surface area (Å²) in [5.41, 5.74) is 8.93. The van der Waals surface area contributed by atoms with E-state index < -0.39 is 0 Å². The van der Waals surface area contributed by atoms with E-state index in [4.69, 9.17) is 17.3 Å². The van der Waals surface area contributed by atoms with Crippen molar-refractivity contribution in [3.8, 4) is 0 Å². The Bertz CT molecular complexity index is 511. The van der Waals surface area contributed by atoms with E-state index in [1.54, 1.807) is 0 Å². The summed E-state index contributed by atoms with van der Waals surface area (Å²) in [5, 5.41) is 0.740. The van der Waals surface area contributed by atoms with Gasteiger partial charge in [-0.15, -0.1) is 0 Å². The minimum Gasteiger partial charge on any atom is -0.345 e. The number of benzene rings is 2. The average molecular weight is 247 g/mol. The number of nitrogens with zero attached hydrogens (tertiary/aromatic N) is 1. The van der Waals surface area contributed by atoms with Gasteiger partial charge in [-0.1, -0.05) is 29.8 Å². The summed E-state index contributed by atoms with van der Waals surface area (Å²) in [6.45, 7) is 0.553. The van der Waals surface area contributed by atoms with Gasteiger partial charge in [-0.2, -0.15) is 0 Å². The van der Waals surface area contributed by atoms with Crippen molar-refractivity contribution in [2.24, 2.45) is 5.73 Å². The Labute approximate surface area is 107 Å². The molecule has 2 N–H and O–H groups in total. The first-order chi connectivity index (χ1) is 8.20. The predicted octanol–water partition coefficient (Wildman–Crippen LogP) is 3.57. The molecule has 2 aromatic rings. The molecule has 0 amide bonds. The van der Waals surface area contributed by atoms with Gasteiger partial charge in [0.05, 0.1) is 0 Å². The van der Waals surface area contributed by atoms with Gasteiger partial charge in [-0.25, -0.2) is 0 Å². The number of halogens is 1. The first-order valence-corrected chi connectivity index (χ1v) is 5.87. The van der Waals surface area contributed by atoms with E-state index in [1.807, 2.05) is 43.4 Å². The number of nitrogens with two attached hydrogens (primary N) is 1. The van der Waals surface area contributed by atoms with Crippen LogP contribution in [0.3, 0.4) is 0 Å². The van der Waals surface area contributed by atoms with Crippen LogP contribution >= 0.6 is 11.6 Å². The topological polar surface area (TPSA) is 29.3 Å². The van der Waals surface area contributed by atoms with Gasteiger partial charge in [0.15, 0.2) is 0 Å². The van der Waals surface area contributed by atoms with Gasteiger partial charge in [0.25, 0.3) is 0 Å². The van der Waals surface area contributed by atoms with Crippen LogP contribution < -0.4 is 10.6 Å². The van der Waals surface area contributed by atoms with Crippen molar-refractivity contribution >= 4 is 23.0 Å². The summed E-state index contributed by atoms with van der Waals surface area (Å²) >= 11 is 5.99. The molecule has 2 rings (SSSR count). The molecule has 0 atom stereocenters. The Morgan fingerprint density at radius 2 is 1.71 bits per heavy atom. The molecule has 0 aliphatic heterocycles. The van der Waals surface area contributed by atoms with Gasteiger partial charge >= 0.3 is 0 Å². The summed E-state index contributed by atoms with van der Waals surface area (Å²) in [5.74, 6) is 0. The summed E-state index contributed by atoms with van der Waals surface area (Å²) in [7, 11) is 2.02. The molecule has 0 bridgehead atoms. The highest BCUT2D eigenvalue weighted by molar-refractivity contribution is 6.30. The zero-order chi connectivity index (χ0) is 12.3. The van der Waals surface area contributed by atoms with E-state index in [9.17, 15) is 0 Å². The highest BCUT2D eigenvalue weighted by Crippen LogP contribution is 2.26. The second kappa shape index (κ2) is 5.21. The van der Waals surface area contributed by atoms with Crippen molar-refractivity contribution in [3.63, 3.8) is 0 Å². The molecule has 0 spiro atoms. The summed E-state index contributed by atoms with van der Waals surface area (Å²) in [6, 6.07) is 16.0. The lowest BCUT2D eigenvalue weighted by Gasteiger charge is -2.20. The standard InChI is InChI=1S/C14H15ClN2/c1-17(14-7-3-5-12(15)9-14)13-6-2-4-11(8-13)10-16/h2-9H,10,16H2,1H3. The van der Waals surface area contributed by atoms with Gasteiger partial charge in [-0.05, 0) is 35.9 Å². The van der Waals surface area contributed by atoms with Crippen LogP contribution in [-0.2, 0) is 6.54 Å². The van der Waals surface area contributed by atoms with Gasteiger partial charge < -0.3 is 10.6 Å². The van der Waals surface area contributed by atoms with Crippen molar-refractivity contribution < 1.29 is 0 Å². The first-order valence-electron chi connectivity index (χ1n) is 5.49. The van der Waals surface area contributed by atoms with E-state index >= 15 is 0 Å². The van der Waals surface area contributed by atoms with Crippen LogP contribution in [0.5, 0.6) is 0 Å². The molecule has 0 saturated carbocycles. The van der Waals surface area contributed by atoms with Crippen LogP contribution in [0.15, 0.2) is 48.5 Å². The second-order valence-corrected chi connectivity index (χ2v) is 4.35. The highest BCUT2D eigenvalue weighted by Gasteiger charge is 2.04. The van der Waals surface area contributed by atoms with E-state index in [0.29, 0.717) is 6.54 Å². The lowest BCUT2D eigenvalue weighted by molar-refractivity contribution is 1.06. The maximum atomic E-state index is 5.99. The normalized spacial score (nSPS) is 10.3. The van der Waals surface area contributed by atoms with E-state index in [0.717, 1.165) is 22.0 Å². The third kappa shape index (κ3) is 2.78. The molecule has 0 aliphatic rings.